The first-order chi connectivity index (χ1) is 8.59. The molecule has 1 N–H and O–H groups in total. The number of aromatic nitrogens is 1. The van der Waals surface area contributed by atoms with Crippen LogP contribution >= 0.6 is 15.9 Å². The number of hydrogen-bond donors (Lipinski definition) is 1. The molecule has 0 saturated heterocycles. The van der Waals surface area contributed by atoms with Gasteiger partial charge < -0.3 is 5.32 Å². The molecule has 0 saturated carbocycles. The molecule has 0 aliphatic carbocycles. The number of anilines is 1. The van der Waals surface area contributed by atoms with Crippen molar-refractivity contribution in [2.75, 3.05) is 23.9 Å². The summed E-state index contributed by atoms with van der Waals surface area (Å²) in [4.78, 5) is 4.31. The summed E-state index contributed by atoms with van der Waals surface area (Å²) in [6.45, 7) is 6.79. The number of rotatable bonds is 6. The average Bonchev–Trinajstić information content (AvgIpc) is 2.25. The van der Waals surface area contributed by atoms with Gasteiger partial charge in [-0.15, -0.1) is 0 Å². The molecule has 0 amide bonds. The third-order valence-electron chi connectivity index (χ3n) is 2.93. The van der Waals surface area contributed by atoms with Gasteiger partial charge in [0.05, 0.1) is 5.75 Å². The number of nitrogens with zero attached hydrogens (tertiary/aromatic N) is 1. The van der Waals surface area contributed by atoms with Crippen LogP contribution in [0.15, 0.2) is 16.7 Å². The number of nitrogens with one attached hydrogen (secondary N) is 1. The Morgan fingerprint density at radius 2 is 2.05 bits per heavy atom. The highest BCUT2D eigenvalue weighted by molar-refractivity contribution is 9.10. The first-order valence-electron chi connectivity index (χ1n) is 6.13. The Bertz CT molecular complexity index is 542. The monoisotopic (exact) mass is 348 g/mol. The molecule has 1 aromatic heterocycles. The Morgan fingerprint density at radius 1 is 1.42 bits per heavy atom. The van der Waals surface area contributed by atoms with Crippen molar-refractivity contribution in [2.45, 2.75) is 27.2 Å². The van der Waals surface area contributed by atoms with Crippen LogP contribution in [-0.4, -0.2) is 32.0 Å². The van der Waals surface area contributed by atoms with Gasteiger partial charge in [0, 0.05) is 23.5 Å². The van der Waals surface area contributed by atoms with Gasteiger partial charge in [-0.1, -0.05) is 13.8 Å². The molecular formula is C13H21BrN2O2S. The predicted octanol–water partition coefficient (Wildman–Crippen LogP) is 3.03. The highest BCUT2D eigenvalue weighted by atomic mass is 79.9. The summed E-state index contributed by atoms with van der Waals surface area (Å²) in [7, 11) is -2.90. The van der Waals surface area contributed by atoms with E-state index in [9.17, 15) is 8.42 Å². The zero-order chi connectivity index (χ0) is 14.7. The first kappa shape index (κ1) is 16.4. The van der Waals surface area contributed by atoms with Gasteiger partial charge in [-0.05, 0) is 46.3 Å². The minimum atomic E-state index is -2.90. The lowest BCUT2D eigenvalue weighted by molar-refractivity contribution is 0.376. The van der Waals surface area contributed by atoms with Crippen LogP contribution in [0.2, 0.25) is 0 Å². The second-order valence-electron chi connectivity index (χ2n) is 5.72. The van der Waals surface area contributed by atoms with E-state index in [1.54, 1.807) is 6.20 Å². The highest BCUT2D eigenvalue weighted by Crippen LogP contribution is 2.23. The first-order valence-corrected chi connectivity index (χ1v) is 8.98. The van der Waals surface area contributed by atoms with E-state index in [0.717, 1.165) is 15.9 Å². The molecule has 1 aromatic rings. The molecule has 108 valence electrons. The molecule has 0 fully saturated rings. The van der Waals surface area contributed by atoms with Crippen LogP contribution in [0.4, 0.5) is 5.82 Å². The summed E-state index contributed by atoms with van der Waals surface area (Å²) < 4.78 is 23.4. The maximum Gasteiger partial charge on any atom is 0.147 e. The van der Waals surface area contributed by atoms with E-state index in [4.69, 9.17) is 0 Å². The average molecular weight is 349 g/mol. The van der Waals surface area contributed by atoms with Crippen molar-refractivity contribution in [2.24, 2.45) is 5.41 Å². The summed E-state index contributed by atoms with van der Waals surface area (Å²) in [5, 5.41) is 3.29. The fourth-order valence-corrected chi connectivity index (χ4v) is 2.97. The summed E-state index contributed by atoms with van der Waals surface area (Å²) in [5.41, 5.74) is 0.970. The molecule has 4 nitrogen and oxygen atoms in total. The van der Waals surface area contributed by atoms with Crippen molar-refractivity contribution in [3.63, 3.8) is 0 Å². The van der Waals surface area contributed by atoms with E-state index in [1.807, 2.05) is 13.0 Å². The number of aryl methyl sites for hydroxylation is 1. The minimum absolute atomic E-state index is 0.0930. The highest BCUT2D eigenvalue weighted by Gasteiger charge is 2.20. The maximum absolute atomic E-state index is 11.2. The zero-order valence-corrected chi connectivity index (χ0v) is 14.2. The molecule has 0 aliphatic heterocycles. The number of hydrogen-bond acceptors (Lipinski definition) is 4. The number of sulfone groups is 1. The summed E-state index contributed by atoms with van der Waals surface area (Å²) in [5.74, 6) is 1.06. The quantitative estimate of drug-likeness (QED) is 0.858. The van der Waals surface area contributed by atoms with Gasteiger partial charge in [-0.25, -0.2) is 13.4 Å². The lowest BCUT2D eigenvalue weighted by atomic mass is 9.90. The fraction of sp³-hybridized carbons (Fsp3) is 0.615. The second-order valence-corrected chi connectivity index (χ2v) is 8.89. The smallest absolute Gasteiger partial charge is 0.147 e. The van der Waals surface area contributed by atoms with E-state index in [-0.39, 0.29) is 11.2 Å². The fourth-order valence-electron chi connectivity index (χ4n) is 1.60. The molecule has 0 bridgehead atoms. The number of halogens is 1. The van der Waals surface area contributed by atoms with Crippen molar-refractivity contribution in [1.82, 2.24) is 4.98 Å². The topological polar surface area (TPSA) is 59.1 Å². The SMILES string of the molecule is Cc1cc(Br)cnc1NCC(C)(C)CCS(C)(=O)=O. The summed E-state index contributed by atoms with van der Waals surface area (Å²) in [6, 6.07) is 2.00. The van der Waals surface area contributed by atoms with E-state index in [1.165, 1.54) is 6.26 Å². The van der Waals surface area contributed by atoms with Crippen molar-refractivity contribution in [1.29, 1.82) is 0 Å². The van der Waals surface area contributed by atoms with Crippen LogP contribution in [0.3, 0.4) is 0 Å². The van der Waals surface area contributed by atoms with Gasteiger partial charge in [-0.2, -0.15) is 0 Å². The molecule has 6 heteroatoms. The molecule has 0 spiro atoms. The molecule has 19 heavy (non-hydrogen) atoms. The predicted molar refractivity (Wildman–Crippen MR) is 83.3 cm³/mol. The molecule has 0 aromatic carbocycles. The van der Waals surface area contributed by atoms with Gasteiger partial charge in [0.2, 0.25) is 0 Å². The maximum atomic E-state index is 11.2. The zero-order valence-electron chi connectivity index (χ0n) is 11.8. The molecule has 0 radical (unpaired) electrons. The van der Waals surface area contributed by atoms with Crippen molar-refractivity contribution < 1.29 is 8.42 Å². The van der Waals surface area contributed by atoms with Crippen LogP contribution in [-0.2, 0) is 9.84 Å². The van der Waals surface area contributed by atoms with Crippen LogP contribution in [0.1, 0.15) is 25.8 Å². The molecule has 0 unspecified atom stereocenters. The Kier molecular flexibility index (Phi) is 5.38. The van der Waals surface area contributed by atoms with Crippen LogP contribution in [0.5, 0.6) is 0 Å². The Labute approximate surface area is 124 Å². The van der Waals surface area contributed by atoms with Gasteiger partial charge in [-0.3, -0.25) is 0 Å². The lowest BCUT2D eigenvalue weighted by Gasteiger charge is -2.25. The van der Waals surface area contributed by atoms with Gasteiger partial charge in [0.25, 0.3) is 0 Å². The van der Waals surface area contributed by atoms with Crippen molar-refractivity contribution >= 4 is 31.6 Å². The molecule has 1 rings (SSSR count). The third kappa shape index (κ3) is 6.38. The van der Waals surface area contributed by atoms with Gasteiger partial charge in [0.1, 0.15) is 15.7 Å². The normalized spacial score (nSPS) is 12.5. The Balaban J connectivity index is 2.59. The van der Waals surface area contributed by atoms with Crippen LogP contribution in [0.25, 0.3) is 0 Å². The molecule has 0 atom stereocenters. The largest absolute Gasteiger partial charge is 0.369 e. The van der Waals surface area contributed by atoms with Crippen molar-refractivity contribution in [3.8, 4) is 0 Å². The van der Waals surface area contributed by atoms with E-state index >= 15 is 0 Å². The summed E-state index contributed by atoms with van der Waals surface area (Å²) >= 11 is 3.38. The minimum Gasteiger partial charge on any atom is -0.369 e. The molecule has 0 aliphatic rings. The molecule has 1 heterocycles. The van der Waals surface area contributed by atoms with E-state index in [2.05, 4.69) is 40.1 Å². The van der Waals surface area contributed by atoms with Crippen LogP contribution in [0, 0.1) is 12.3 Å². The van der Waals surface area contributed by atoms with Gasteiger partial charge in [0.15, 0.2) is 0 Å². The molecular weight excluding hydrogens is 328 g/mol. The third-order valence-corrected chi connectivity index (χ3v) is 4.31. The standard InChI is InChI=1S/C13H21BrN2O2S/c1-10-7-11(14)8-15-12(10)16-9-13(2,3)5-6-19(4,17)18/h7-8H,5-6,9H2,1-4H3,(H,15,16). The van der Waals surface area contributed by atoms with Crippen molar-refractivity contribution in [3.05, 3.63) is 22.3 Å². The summed E-state index contributed by atoms with van der Waals surface area (Å²) in [6.07, 6.45) is 3.66. The Morgan fingerprint density at radius 3 is 2.58 bits per heavy atom. The Hall–Kier alpha value is -0.620. The van der Waals surface area contributed by atoms with E-state index < -0.39 is 9.84 Å². The van der Waals surface area contributed by atoms with Crippen LogP contribution < -0.4 is 5.32 Å². The van der Waals surface area contributed by atoms with E-state index in [0.29, 0.717) is 13.0 Å². The number of pyridine rings is 1. The van der Waals surface area contributed by atoms with Gasteiger partial charge >= 0.3 is 0 Å². The second kappa shape index (κ2) is 6.22. The lowest BCUT2D eigenvalue weighted by Crippen LogP contribution is -2.26.